The van der Waals surface area contributed by atoms with Crippen molar-refractivity contribution in [2.75, 3.05) is 23.7 Å². The van der Waals surface area contributed by atoms with Crippen molar-refractivity contribution >= 4 is 33.3 Å². The van der Waals surface area contributed by atoms with Gasteiger partial charge in [0.15, 0.2) is 0 Å². The largest absolute Gasteiger partial charge is 0.495 e. The fraction of sp³-hybridized carbons (Fsp3) is 0.263. The predicted octanol–water partition coefficient (Wildman–Crippen LogP) is 1.98. The standard InChI is InChI=1S/C19H22N4O5S/c1-28-17-10-3-2-8-15(17)22-29(26,27)14-7-4-6-13(12-14)21-18(24)16-9-5-11-23(16)19(20)25/h2-4,6-8,10,12,16,22H,5,9,11H2,1H3,(H2,20,25)(H,21,24)/t16-/m0/s1. The van der Waals surface area contributed by atoms with Crippen LogP contribution in [0.25, 0.3) is 0 Å². The van der Waals surface area contributed by atoms with Crippen molar-refractivity contribution in [3.8, 4) is 5.75 Å². The van der Waals surface area contributed by atoms with Crippen LogP contribution in [0.1, 0.15) is 12.8 Å². The average molecular weight is 418 g/mol. The number of methoxy groups -OCH3 is 1. The molecule has 2 aromatic carbocycles. The summed E-state index contributed by atoms with van der Waals surface area (Å²) in [4.78, 5) is 25.2. The monoisotopic (exact) mass is 418 g/mol. The second-order valence-electron chi connectivity index (χ2n) is 6.51. The number of amides is 3. The zero-order chi connectivity index (χ0) is 21.0. The minimum absolute atomic E-state index is 0.0283. The third-order valence-electron chi connectivity index (χ3n) is 4.60. The Morgan fingerprint density at radius 3 is 2.66 bits per heavy atom. The van der Waals surface area contributed by atoms with Gasteiger partial charge >= 0.3 is 6.03 Å². The Kier molecular flexibility index (Phi) is 5.92. The number of rotatable bonds is 6. The number of para-hydroxylation sites is 2. The van der Waals surface area contributed by atoms with Gasteiger partial charge in [0.2, 0.25) is 5.91 Å². The van der Waals surface area contributed by atoms with Gasteiger partial charge in [-0.1, -0.05) is 18.2 Å². The van der Waals surface area contributed by atoms with E-state index < -0.39 is 28.0 Å². The number of carbonyl (C=O) groups is 2. The molecule has 1 aliphatic heterocycles. The van der Waals surface area contributed by atoms with Gasteiger partial charge in [-0.15, -0.1) is 0 Å². The van der Waals surface area contributed by atoms with Crippen LogP contribution in [-0.4, -0.2) is 45.0 Å². The molecule has 0 unspecified atom stereocenters. The number of hydrogen-bond donors (Lipinski definition) is 3. The van der Waals surface area contributed by atoms with Crippen molar-refractivity contribution in [3.05, 3.63) is 48.5 Å². The van der Waals surface area contributed by atoms with Gasteiger partial charge in [-0.2, -0.15) is 0 Å². The first-order chi connectivity index (χ1) is 13.8. The number of carbonyl (C=O) groups excluding carboxylic acids is 2. The van der Waals surface area contributed by atoms with E-state index in [2.05, 4.69) is 10.0 Å². The van der Waals surface area contributed by atoms with Crippen LogP contribution >= 0.6 is 0 Å². The smallest absolute Gasteiger partial charge is 0.315 e. The number of nitrogens with two attached hydrogens (primary N) is 1. The molecule has 10 heteroatoms. The SMILES string of the molecule is COc1ccccc1NS(=O)(=O)c1cccc(NC(=O)[C@@H]2CCCN2C(N)=O)c1. The van der Waals surface area contributed by atoms with E-state index >= 15 is 0 Å². The highest BCUT2D eigenvalue weighted by Crippen LogP contribution is 2.27. The van der Waals surface area contributed by atoms with Gasteiger partial charge in [-0.25, -0.2) is 13.2 Å². The van der Waals surface area contributed by atoms with Crippen molar-refractivity contribution in [1.82, 2.24) is 4.90 Å². The molecule has 0 spiro atoms. The van der Waals surface area contributed by atoms with Crippen LogP contribution in [0.15, 0.2) is 53.4 Å². The van der Waals surface area contributed by atoms with Crippen LogP contribution in [0, 0.1) is 0 Å². The fourth-order valence-electron chi connectivity index (χ4n) is 3.20. The summed E-state index contributed by atoms with van der Waals surface area (Å²) in [5.74, 6) is -0.0261. The maximum Gasteiger partial charge on any atom is 0.315 e. The van der Waals surface area contributed by atoms with Crippen molar-refractivity contribution in [1.29, 1.82) is 0 Å². The minimum Gasteiger partial charge on any atom is -0.495 e. The van der Waals surface area contributed by atoms with E-state index in [1.54, 1.807) is 30.3 Å². The molecule has 9 nitrogen and oxygen atoms in total. The molecule has 4 N–H and O–H groups in total. The molecule has 1 atom stereocenters. The summed E-state index contributed by atoms with van der Waals surface area (Å²) >= 11 is 0. The summed E-state index contributed by atoms with van der Waals surface area (Å²) in [5, 5.41) is 2.66. The Morgan fingerprint density at radius 2 is 1.93 bits per heavy atom. The number of nitrogens with zero attached hydrogens (tertiary/aromatic N) is 1. The molecule has 154 valence electrons. The summed E-state index contributed by atoms with van der Waals surface area (Å²) in [6.07, 6.45) is 1.18. The first-order valence-corrected chi connectivity index (χ1v) is 10.4. The number of primary amides is 1. The van der Waals surface area contributed by atoms with Gasteiger partial charge in [-0.3, -0.25) is 9.52 Å². The Labute approximate surface area is 168 Å². The number of nitrogens with one attached hydrogen (secondary N) is 2. The summed E-state index contributed by atoms with van der Waals surface area (Å²) < 4.78 is 33.2. The molecule has 3 rings (SSSR count). The van der Waals surface area contributed by atoms with E-state index in [9.17, 15) is 18.0 Å². The molecule has 29 heavy (non-hydrogen) atoms. The van der Waals surface area contributed by atoms with Crippen molar-refractivity contribution < 1.29 is 22.7 Å². The highest BCUT2D eigenvalue weighted by atomic mass is 32.2. The molecule has 0 aromatic heterocycles. The molecule has 3 amide bonds. The van der Waals surface area contributed by atoms with Crippen LogP contribution in [-0.2, 0) is 14.8 Å². The number of hydrogen-bond acceptors (Lipinski definition) is 5. The minimum atomic E-state index is -3.91. The Balaban J connectivity index is 1.78. The maximum absolute atomic E-state index is 12.8. The number of ether oxygens (including phenoxy) is 1. The molecule has 1 saturated heterocycles. The topological polar surface area (TPSA) is 131 Å². The quantitative estimate of drug-likeness (QED) is 0.660. The summed E-state index contributed by atoms with van der Waals surface area (Å²) in [7, 11) is -2.47. The zero-order valence-electron chi connectivity index (χ0n) is 15.8. The number of benzene rings is 2. The second-order valence-corrected chi connectivity index (χ2v) is 8.19. The number of anilines is 2. The molecular weight excluding hydrogens is 396 g/mol. The highest BCUT2D eigenvalue weighted by Gasteiger charge is 2.33. The Hall–Kier alpha value is -3.27. The van der Waals surface area contributed by atoms with E-state index in [1.165, 1.54) is 30.2 Å². The van der Waals surface area contributed by atoms with Crippen molar-refractivity contribution in [2.24, 2.45) is 5.73 Å². The van der Waals surface area contributed by atoms with E-state index in [-0.39, 0.29) is 4.90 Å². The highest BCUT2D eigenvalue weighted by molar-refractivity contribution is 7.92. The number of likely N-dealkylation sites (tertiary alicyclic amines) is 1. The van der Waals surface area contributed by atoms with E-state index in [0.717, 1.165) is 0 Å². The maximum atomic E-state index is 12.8. The number of sulfonamides is 1. The van der Waals surface area contributed by atoms with Gasteiger partial charge in [-0.05, 0) is 43.2 Å². The molecule has 0 saturated carbocycles. The van der Waals surface area contributed by atoms with E-state index in [0.29, 0.717) is 36.5 Å². The van der Waals surface area contributed by atoms with Crippen LogP contribution in [0.5, 0.6) is 5.75 Å². The third-order valence-corrected chi connectivity index (χ3v) is 5.96. The van der Waals surface area contributed by atoms with Gasteiger partial charge in [0.25, 0.3) is 10.0 Å². The summed E-state index contributed by atoms with van der Waals surface area (Å²) in [5.41, 5.74) is 5.91. The van der Waals surface area contributed by atoms with Gasteiger partial charge in [0.05, 0.1) is 17.7 Å². The first kappa shape index (κ1) is 20.5. The molecule has 1 fully saturated rings. The molecule has 1 aliphatic rings. The normalized spacial score (nSPS) is 16.3. The average Bonchev–Trinajstić information content (AvgIpc) is 3.19. The Bertz CT molecular complexity index is 1020. The first-order valence-electron chi connectivity index (χ1n) is 8.94. The van der Waals surface area contributed by atoms with Crippen LogP contribution in [0.4, 0.5) is 16.2 Å². The van der Waals surface area contributed by atoms with E-state index in [1.807, 2.05) is 0 Å². The van der Waals surface area contributed by atoms with Crippen molar-refractivity contribution in [2.45, 2.75) is 23.8 Å². The van der Waals surface area contributed by atoms with Crippen LogP contribution in [0.3, 0.4) is 0 Å². The molecule has 1 heterocycles. The predicted molar refractivity (Wildman–Crippen MR) is 108 cm³/mol. The summed E-state index contributed by atoms with van der Waals surface area (Å²) in [6.45, 7) is 0.421. The van der Waals surface area contributed by atoms with Gasteiger partial charge < -0.3 is 20.7 Å². The lowest BCUT2D eigenvalue weighted by Gasteiger charge is -2.21. The Morgan fingerprint density at radius 1 is 1.17 bits per heavy atom. The van der Waals surface area contributed by atoms with Crippen LogP contribution in [0.2, 0.25) is 0 Å². The molecule has 0 radical (unpaired) electrons. The summed E-state index contributed by atoms with van der Waals surface area (Å²) in [6, 6.07) is 11.2. The van der Waals surface area contributed by atoms with E-state index in [4.69, 9.17) is 10.5 Å². The second kappa shape index (κ2) is 8.39. The molecule has 2 aromatic rings. The third kappa shape index (κ3) is 4.60. The lowest BCUT2D eigenvalue weighted by atomic mass is 10.2. The van der Waals surface area contributed by atoms with Gasteiger partial charge in [0.1, 0.15) is 11.8 Å². The lowest BCUT2D eigenvalue weighted by Crippen LogP contribution is -2.45. The zero-order valence-corrected chi connectivity index (χ0v) is 16.6. The fourth-order valence-corrected chi connectivity index (χ4v) is 4.32. The number of urea groups is 1. The molecule has 0 bridgehead atoms. The van der Waals surface area contributed by atoms with Crippen molar-refractivity contribution in [3.63, 3.8) is 0 Å². The van der Waals surface area contributed by atoms with Gasteiger partial charge in [0, 0.05) is 12.2 Å². The molecule has 0 aliphatic carbocycles. The molecular formula is C19H22N4O5S. The lowest BCUT2D eigenvalue weighted by molar-refractivity contribution is -0.119. The van der Waals surface area contributed by atoms with Crippen LogP contribution < -0.4 is 20.5 Å².